The number of nitrogens with one attached hydrogen (secondary N) is 1. The van der Waals surface area contributed by atoms with Gasteiger partial charge in [-0.2, -0.15) is 0 Å². The second-order valence-electron chi connectivity index (χ2n) is 6.65. The fraction of sp³-hybridized carbons (Fsp3) is 0.933. The van der Waals surface area contributed by atoms with Crippen LogP contribution in [-0.2, 0) is 4.79 Å². The van der Waals surface area contributed by atoms with E-state index in [0.29, 0.717) is 11.8 Å². The van der Waals surface area contributed by atoms with Gasteiger partial charge in [0.05, 0.1) is 5.54 Å². The Morgan fingerprint density at radius 3 is 2.84 bits per heavy atom. The van der Waals surface area contributed by atoms with Crippen molar-refractivity contribution < 1.29 is 4.79 Å². The number of hydrogen-bond donors (Lipinski definition) is 1. The SMILES string of the molecule is CNCC1(C)CCCN1C(=O)CC1CCCN(C)C1. The smallest absolute Gasteiger partial charge is 0.223 e. The zero-order valence-electron chi connectivity index (χ0n) is 12.7. The molecule has 1 amide bonds. The summed E-state index contributed by atoms with van der Waals surface area (Å²) >= 11 is 0. The Kier molecular flexibility index (Phi) is 4.85. The van der Waals surface area contributed by atoms with Crippen molar-refractivity contribution in [3.8, 4) is 0 Å². The minimum atomic E-state index is 0.0341. The molecule has 1 N–H and O–H groups in total. The van der Waals surface area contributed by atoms with Gasteiger partial charge in [0.15, 0.2) is 0 Å². The van der Waals surface area contributed by atoms with Crippen molar-refractivity contribution in [1.82, 2.24) is 15.1 Å². The molecule has 0 radical (unpaired) electrons. The third-order valence-corrected chi connectivity index (χ3v) is 4.79. The summed E-state index contributed by atoms with van der Waals surface area (Å²) in [6, 6.07) is 0. The Hall–Kier alpha value is -0.610. The van der Waals surface area contributed by atoms with Gasteiger partial charge in [-0.25, -0.2) is 0 Å². The highest BCUT2D eigenvalue weighted by Crippen LogP contribution is 2.30. The second kappa shape index (κ2) is 6.23. The van der Waals surface area contributed by atoms with Gasteiger partial charge in [-0.05, 0) is 59.2 Å². The van der Waals surface area contributed by atoms with Crippen LogP contribution in [0.3, 0.4) is 0 Å². The van der Waals surface area contributed by atoms with Gasteiger partial charge in [-0.1, -0.05) is 0 Å². The number of likely N-dealkylation sites (N-methyl/N-ethyl adjacent to an activating group) is 1. The molecule has 0 bridgehead atoms. The van der Waals surface area contributed by atoms with Crippen LogP contribution in [0, 0.1) is 5.92 Å². The molecule has 4 nitrogen and oxygen atoms in total. The highest BCUT2D eigenvalue weighted by Gasteiger charge is 2.39. The van der Waals surface area contributed by atoms with E-state index in [2.05, 4.69) is 29.1 Å². The first kappa shape index (κ1) is 14.8. The molecule has 0 saturated carbocycles. The van der Waals surface area contributed by atoms with Crippen molar-refractivity contribution in [1.29, 1.82) is 0 Å². The van der Waals surface area contributed by atoms with E-state index in [1.807, 2.05) is 7.05 Å². The van der Waals surface area contributed by atoms with Gasteiger partial charge < -0.3 is 15.1 Å². The summed E-state index contributed by atoms with van der Waals surface area (Å²) in [4.78, 5) is 17.1. The van der Waals surface area contributed by atoms with E-state index < -0.39 is 0 Å². The molecular weight excluding hydrogens is 238 g/mol. The quantitative estimate of drug-likeness (QED) is 0.834. The highest BCUT2D eigenvalue weighted by molar-refractivity contribution is 5.77. The summed E-state index contributed by atoms with van der Waals surface area (Å²) in [5, 5.41) is 3.24. The van der Waals surface area contributed by atoms with Gasteiger partial charge in [0.25, 0.3) is 0 Å². The van der Waals surface area contributed by atoms with Crippen LogP contribution >= 0.6 is 0 Å². The zero-order chi connectivity index (χ0) is 13.9. The first-order valence-corrected chi connectivity index (χ1v) is 7.69. The Labute approximate surface area is 117 Å². The Bertz CT molecular complexity index is 321. The van der Waals surface area contributed by atoms with Crippen LogP contribution in [0.1, 0.15) is 39.0 Å². The lowest BCUT2D eigenvalue weighted by molar-refractivity contribution is -0.136. The summed E-state index contributed by atoms with van der Waals surface area (Å²) in [5.41, 5.74) is 0.0341. The lowest BCUT2D eigenvalue weighted by atomic mass is 9.93. The second-order valence-corrected chi connectivity index (χ2v) is 6.65. The van der Waals surface area contributed by atoms with Gasteiger partial charge in [0.1, 0.15) is 0 Å². The van der Waals surface area contributed by atoms with Gasteiger partial charge in [0, 0.05) is 26.1 Å². The minimum Gasteiger partial charge on any atom is -0.336 e. The van der Waals surface area contributed by atoms with Crippen molar-refractivity contribution in [2.75, 3.05) is 40.3 Å². The molecule has 0 aromatic rings. The first-order chi connectivity index (χ1) is 9.05. The summed E-state index contributed by atoms with van der Waals surface area (Å²) in [7, 11) is 4.14. The normalized spacial score (nSPS) is 32.8. The molecular formula is C15H29N3O. The fourth-order valence-corrected chi connectivity index (χ4v) is 3.81. The van der Waals surface area contributed by atoms with E-state index >= 15 is 0 Å². The van der Waals surface area contributed by atoms with Crippen LogP contribution < -0.4 is 5.32 Å². The van der Waals surface area contributed by atoms with E-state index in [0.717, 1.165) is 38.9 Å². The lowest BCUT2D eigenvalue weighted by Gasteiger charge is -2.37. The molecule has 2 aliphatic rings. The van der Waals surface area contributed by atoms with Crippen molar-refractivity contribution in [3.05, 3.63) is 0 Å². The molecule has 2 fully saturated rings. The molecule has 2 aliphatic heterocycles. The molecule has 2 atom stereocenters. The average molecular weight is 267 g/mol. The molecule has 0 spiro atoms. The highest BCUT2D eigenvalue weighted by atomic mass is 16.2. The Morgan fingerprint density at radius 2 is 2.16 bits per heavy atom. The predicted molar refractivity (Wildman–Crippen MR) is 78.1 cm³/mol. The number of piperidine rings is 1. The maximum atomic E-state index is 12.6. The van der Waals surface area contributed by atoms with E-state index in [1.165, 1.54) is 19.4 Å². The van der Waals surface area contributed by atoms with Crippen LogP contribution in [0.25, 0.3) is 0 Å². The van der Waals surface area contributed by atoms with E-state index in [-0.39, 0.29) is 5.54 Å². The van der Waals surface area contributed by atoms with Crippen molar-refractivity contribution in [2.24, 2.45) is 5.92 Å². The summed E-state index contributed by atoms with van der Waals surface area (Å²) < 4.78 is 0. The molecule has 0 aliphatic carbocycles. The fourth-order valence-electron chi connectivity index (χ4n) is 3.81. The summed E-state index contributed by atoms with van der Waals surface area (Å²) in [5.74, 6) is 0.932. The third-order valence-electron chi connectivity index (χ3n) is 4.79. The lowest BCUT2D eigenvalue weighted by Crippen LogP contribution is -2.51. The van der Waals surface area contributed by atoms with Crippen LogP contribution in [0.15, 0.2) is 0 Å². The molecule has 19 heavy (non-hydrogen) atoms. The van der Waals surface area contributed by atoms with Gasteiger partial charge in [-0.3, -0.25) is 4.79 Å². The molecule has 110 valence electrons. The Morgan fingerprint density at radius 1 is 1.37 bits per heavy atom. The molecule has 2 heterocycles. The largest absolute Gasteiger partial charge is 0.336 e. The molecule has 0 aromatic heterocycles. The number of carbonyl (C=O) groups is 1. The first-order valence-electron chi connectivity index (χ1n) is 7.69. The van der Waals surface area contributed by atoms with Crippen LogP contribution in [0.5, 0.6) is 0 Å². The van der Waals surface area contributed by atoms with Crippen molar-refractivity contribution >= 4 is 5.91 Å². The van der Waals surface area contributed by atoms with Crippen LogP contribution in [0.4, 0.5) is 0 Å². The number of nitrogens with zero attached hydrogens (tertiary/aromatic N) is 2. The van der Waals surface area contributed by atoms with Crippen molar-refractivity contribution in [2.45, 2.75) is 44.6 Å². The number of carbonyl (C=O) groups excluding carboxylic acids is 1. The number of likely N-dealkylation sites (tertiary alicyclic amines) is 2. The van der Waals surface area contributed by atoms with Gasteiger partial charge in [0.2, 0.25) is 5.91 Å². The average Bonchev–Trinajstić information content (AvgIpc) is 2.71. The predicted octanol–water partition coefficient (Wildman–Crippen LogP) is 1.32. The number of hydrogen-bond acceptors (Lipinski definition) is 3. The Balaban J connectivity index is 1.91. The van der Waals surface area contributed by atoms with Gasteiger partial charge in [-0.15, -0.1) is 0 Å². The topological polar surface area (TPSA) is 35.6 Å². The minimum absolute atomic E-state index is 0.0341. The van der Waals surface area contributed by atoms with E-state index in [4.69, 9.17) is 0 Å². The number of amides is 1. The zero-order valence-corrected chi connectivity index (χ0v) is 12.7. The monoisotopic (exact) mass is 267 g/mol. The summed E-state index contributed by atoms with van der Waals surface area (Å²) in [6.45, 7) is 6.35. The molecule has 2 unspecified atom stereocenters. The van der Waals surface area contributed by atoms with Crippen molar-refractivity contribution in [3.63, 3.8) is 0 Å². The van der Waals surface area contributed by atoms with Crippen LogP contribution in [0.2, 0.25) is 0 Å². The third kappa shape index (κ3) is 3.48. The maximum Gasteiger partial charge on any atom is 0.223 e. The van der Waals surface area contributed by atoms with E-state index in [9.17, 15) is 4.79 Å². The van der Waals surface area contributed by atoms with Gasteiger partial charge >= 0.3 is 0 Å². The number of rotatable bonds is 4. The molecule has 2 saturated heterocycles. The summed E-state index contributed by atoms with van der Waals surface area (Å²) in [6.07, 6.45) is 5.47. The molecule has 4 heteroatoms. The molecule has 0 aromatic carbocycles. The maximum absolute atomic E-state index is 12.6. The van der Waals surface area contributed by atoms with Crippen LogP contribution in [-0.4, -0.2) is 61.5 Å². The molecule has 2 rings (SSSR count). The standard InChI is InChI=1S/C15H29N3O/c1-15(12-16-2)7-5-9-18(15)14(19)10-13-6-4-8-17(3)11-13/h13,16H,4-12H2,1-3H3. The van der Waals surface area contributed by atoms with E-state index in [1.54, 1.807) is 0 Å².